The summed E-state index contributed by atoms with van der Waals surface area (Å²) in [5, 5.41) is 13.2. The van der Waals surface area contributed by atoms with Gasteiger partial charge in [0.25, 0.3) is 5.19 Å². The van der Waals surface area contributed by atoms with Gasteiger partial charge in [-0.3, -0.25) is 4.90 Å². The van der Waals surface area contributed by atoms with Gasteiger partial charge < -0.3 is 14.0 Å². The SMILES string of the molecule is CC(C)c1ncno1.CCOc1nnc(CN2CCOCC2)s1. The topological polar surface area (TPSA) is 86.4 Å². The molecule has 1 saturated heterocycles. The second kappa shape index (κ2) is 9.53. The minimum absolute atomic E-state index is 0.345. The van der Waals surface area contributed by atoms with Gasteiger partial charge in [-0.05, 0) is 6.92 Å². The van der Waals surface area contributed by atoms with E-state index in [9.17, 15) is 0 Å². The van der Waals surface area contributed by atoms with Crippen molar-refractivity contribution in [1.82, 2.24) is 25.2 Å². The molecule has 3 rings (SSSR count). The molecule has 0 radical (unpaired) electrons. The molecule has 0 aliphatic carbocycles. The molecule has 1 aliphatic rings. The number of hydrogen-bond donors (Lipinski definition) is 0. The van der Waals surface area contributed by atoms with Crippen LogP contribution in [0, 0.1) is 0 Å². The predicted molar refractivity (Wildman–Crippen MR) is 85.6 cm³/mol. The third-order valence-electron chi connectivity index (χ3n) is 3.05. The Kier molecular flexibility index (Phi) is 7.37. The van der Waals surface area contributed by atoms with Crippen LogP contribution in [-0.2, 0) is 11.3 Å². The van der Waals surface area contributed by atoms with Crippen molar-refractivity contribution in [2.45, 2.75) is 33.2 Å². The Morgan fingerprint density at radius 1 is 1.30 bits per heavy atom. The van der Waals surface area contributed by atoms with E-state index in [1.807, 2.05) is 20.8 Å². The van der Waals surface area contributed by atoms with E-state index in [-0.39, 0.29) is 0 Å². The third-order valence-corrected chi connectivity index (χ3v) is 3.87. The van der Waals surface area contributed by atoms with Gasteiger partial charge >= 0.3 is 0 Å². The first kappa shape index (κ1) is 17.8. The van der Waals surface area contributed by atoms with Crippen molar-refractivity contribution in [3.05, 3.63) is 17.2 Å². The van der Waals surface area contributed by atoms with Crippen molar-refractivity contribution >= 4 is 11.3 Å². The first-order chi connectivity index (χ1) is 11.2. The van der Waals surface area contributed by atoms with Crippen LogP contribution in [0.25, 0.3) is 0 Å². The van der Waals surface area contributed by atoms with Gasteiger partial charge in [0.15, 0.2) is 6.33 Å². The van der Waals surface area contributed by atoms with E-state index in [0.29, 0.717) is 23.6 Å². The highest BCUT2D eigenvalue weighted by molar-refractivity contribution is 7.13. The van der Waals surface area contributed by atoms with E-state index in [1.165, 1.54) is 17.7 Å². The summed E-state index contributed by atoms with van der Waals surface area (Å²) in [5.41, 5.74) is 0. The molecule has 0 saturated carbocycles. The van der Waals surface area contributed by atoms with Crippen molar-refractivity contribution in [3.63, 3.8) is 0 Å². The lowest BCUT2D eigenvalue weighted by atomic mass is 10.2. The fourth-order valence-electron chi connectivity index (χ4n) is 1.87. The van der Waals surface area contributed by atoms with Crippen molar-refractivity contribution in [3.8, 4) is 5.19 Å². The Hall–Kier alpha value is -1.58. The van der Waals surface area contributed by atoms with Crippen LogP contribution < -0.4 is 4.74 Å². The Balaban J connectivity index is 0.000000203. The second-order valence-corrected chi connectivity index (χ2v) is 6.24. The van der Waals surface area contributed by atoms with Crippen LogP contribution in [0.2, 0.25) is 0 Å². The van der Waals surface area contributed by atoms with Crippen molar-refractivity contribution in [2.75, 3.05) is 32.9 Å². The highest BCUT2D eigenvalue weighted by atomic mass is 32.1. The van der Waals surface area contributed by atoms with Crippen molar-refractivity contribution in [1.29, 1.82) is 0 Å². The normalized spacial score (nSPS) is 15.3. The van der Waals surface area contributed by atoms with Crippen LogP contribution in [0.3, 0.4) is 0 Å². The van der Waals surface area contributed by atoms with Crippen LogP contribution >= 0.6 is 11.3 Å². The summed E-state index contributed by atoms with van der Waals surface area (Å²) in [6, 6.07) is 0. The maximum absolute atomic E-state index is 5.28. The molecule has 0 bridgehead atoms. The molecule has 2 aromatic heterocycles. The zero-order valence-corrected chi connectivity index (χ0v) is 14.6. The molecule has 0 aromatic carbocycles. The van der Waals surface area contributed by atoms with E-state index in [0.717, 1.165) is 37.9 Å². The molecule has 0 unspecified atom stereocenters. The summed E-state index contributed by atoms with van der Waals surface area (Å²) in [6.07, 6.45) is 1.41. The molecular formula is C14H23N5O3S. The highest BCUT2D eigenvalue weighted by Crippen LogP contribution is 2.19. The van der Waals surface area contributed by atoms with Crippen LogP contribution in [0.15, 0.2) is 10.9 Å². The third kappa shape index (κ3) is 6.20. The lowest BCUT2D eigenvalue weighted by molar-refractivity contribution is 0.0341. The molecule has 23 heavy (non-hydrogen) atoms. The Morgan fingerprint density at radius 2 is 2.09 bits per heavy atom. The zero-order valence-electron chi connectivity index (χ0n) is 13.8. The summed E-state index contributed by atoms with van der Waals surface area (Å²) >= 11 is 1.52. The minimum atomic E-state index is 0.345. The summed E-state index contributed by atoms with van der Waals surface area (Å²) in [4.78, 5) is 6.16. The molecule has 8 nitrogen and oxygen atoms in total. The quantitative estimate of drug-likeness (QED) is 0.816. The summed E-state index contributed by atoms with van der Waals surface area (Å²) in [5.74, 6) is 1.04. The van der Waals surface area contributed by atoms with Crippen molar-refractivity contribution < 1.29 is 14.0 Å². The molecule has 128 valence electrons. The smallest absolute Gasteiger partial charge is 0.294 e. The zero-order chi connectivity index (χ0) is 16.5. The largest absolute Gasteiger partial charge is 0.469 e. The Bertz CT molecular complexity index is 540. The van der Waals surface area contributed by atoms with Crippen molar-refractivity contribution in [2.24, 2.45) is 0 Å². The number of morpholine rings is 1. The lowest BCUT2D eigenvalue weighted by Crippen LogP contribution is -2.35. The maximum atomic E-state index is 5.28. The molecule has 1 aliphatic heterocycles. The monoisotopic (exact) mass is 341 g/mol. The fraction of sp³-hybridized carbons (Fsp3) is 0.714. The van der Waals surface area contributed by atoms with Gasteiger partial charge in [0.05, 0.1) is 26.4 Å². The van der Waals surface area contributed by atoms with E-state index in [2.05, 4.69) is 25.2 Å². The molecule has 0 atom stereocenters. The van der Waals surface area contributed by atoms with Gasteiger partial charge in [-0.2, -0.15) is 4.98 Å². The average Bonchev–Trinajstić information content (AvgIpc) is 3.21. The number of hydrogen-bond acceptors (Lipinski definition) is 9. The number of rotatable bonds is 5. The van der Waals surface area contributed by atoms with E-state index in [1.54, 1.807) is 0 Å². The van der Waals surface area contributed by atoms with Gasteiger partial charge in [-0.1, -0.05) is 30.3 Å². The molecule has 0 spiro atoms. The predicted octanol–water partition coefficient (Wildman–Crippen LogP) is 1.96. The lowest BCUT2D eigenvalue weighted by Gasteiger charge is -2.25. The molecule has 2 aromatic rings. The Morgan fingerprint density at radius 3 is 2.65 bits per heavy atom. The first-order valence-corrected chi connectivity index (χ1v) is 8.52. The Labute approximate surface area is 139 Å². The number of aromatic nitrogens is 4. The number of ether oxygens (including phenoxy) is 2. The van der Waals surface area contributed by atoms with E-state index >= 15 is 0 Å². The van der Waals surface area contributed by atoms with Gasteiger partial charge in [0, 0.05) is 19.0 Å². The number of nitrogens with zero attached hydrogens (tertiary/aromatic N) is 5. The average molecular weight is 341 g/mol. The van der Waals surface area contributed by atoms with Gasteiger partial charge in [0.1, 0.15) is 5.01 Å². The van der Waals surface area contributed by atoms with E-state index in [4.69, 9.17) is 14.0 Å². The van der Waals surface area contributed by atoms with Crippen LogP contribution in [-0.4, -0.2) is 58.1 Å². The molecule has 0 N–H and O–H groups in total. The minimum Gasteiger partial charge on any atom is -0.469 e. The molecule has 3 heterocycles. The summed E-state index contributed by atoms with van der Waals surface area (Å²) in [7, 11) is 0. The maximum Gasteiger partial charge on any atom is 0.294 e. The summed E-state index contributed by atoms with van der Waals surface area (Å²) in [6.45, 7) is 11.0. The van der Waals surface area contributed by atoms with Crippen LogP contribution in [0.5, 0.6) is 5.19 Å². The second-order valence-electron chi connectivity index (χ2n) is 5.22. The van der Waals surface area contributed by atoms with Crippen LogP contribution in [0.1, 0.15) is 37.6 Å². The summed E-state index contributed by atoms with van der Waals surface area (Å²) < 4.78 is 15.3. The molecule has 9 heteroatoms. The first-order valence-electron chi connectivity index (χ1n) is 7.71. The van der Waals surface area contributed by atoms with Gasteiger partial charge in [0.2, 0.25) is 5.89 Å². The molecular weight excluding hydrogens is 318 g/mol. The standard InChI is InChI=1S/C9H15N3O2S.C5H8N2O/c1-2-14-9-11-10-8(15-9)7-12-3-5-13-6-4-12;1-4(2)5-6-3-7-8-5/h2-7H2,1H3;3-4H,1-2H3. The van der Waals surface area contributed by atoms with Crippen LogP contribution in [0.4, 0.5) is 0 Å². The molecule has 0 amide bonds. The fourth-order valence-corrected chi connectivity index (χ4v) is 2.66. The van der Waals surface area contributed by atoms with Gasteiger partial charge in [-0.25, -0.2) is 0 Å². The highest BCUT2D eigenvalue weighted by Gasteiger charge is 2.13. The van der Waals surface area contributed by atoms with E-state index < -0.39 is 0 Å². The molecule has 1 fully saturated rings. The van der Waals surface area contributed by atoms with Gasteiger partial charge in [-0.15, -0.1) is 10.2 Å².